The number of amides is 2. The molecule has 0 aliphatic carbocycles. The maximum Gasteiger partial charge on any atom is 0.264 e. The molecule has 2 aromatic rings. The van der Waals surface area contributed by atoms with Crippen LogP contribution < -0.4 is 14.8 Å². The summed E-state index contributed by atoms with van der Waals surface area (Å²) in [6, 6.07) is 14.2. The molecule has 5 atom stereocenters. The maximum atomic E-state index is 14.9. The fourth-order valence-corrected chi connectivity index (χ4v) is 12.6. The SMILES string of the molecule is COc1ccc([Si](C)(C)[C@H]2[C@H](CC(=O)N3CCC[C@H]3CO)O[C@@]3(C(=O)N(C/C=C(\C)CCC=C(C)C)c4ccc(Br)cc43)[C@@H]2C)cc1. The Morgan fingerprint density at radius 1 is 1.15 bits per heavy atom. The minimum absolute atomic E-state index is 0.00739. The number of nitrogens with zero attached hydrogens (tertiary/aromatic N) is 2. The summed E-state index contributed by atoms with van der Waals surface area (Å²) in [5, 5.41) is 11.2. The number of hydrogen-bond acceptors (Lipinski definition) is 5. The molecule has 47 heavy (non-hydrogen) atoms. The fourth-order valence-electron chi connectivity index (χ4n) is 8.25. The van der Waals surface area contributed by atoms with Crippen LogP contribution in [0.3, 0.4) is 0 Å². The van der Waals surface area contributed by atoms with Crippen LogP contribution in [0.2, 0.25) is 18.6 Å². The topological polar surface area (TPSA) is 79.3 Å². The van der Waals surface area contributed by atoms with E-state index < -0.39 is 19.8 Å². The molecular formula is C38H51BrN2O5Si. The van der Waals surface area contributed by atoms with E-state index in [9.17, 15) is 14.7 Å². The molecule has 7 nitrogen and oxygen atoms in total. The Hall–Kier alpha value is -2.72. The van der Waals surface area contributed by atoms with E-state index in [0.717, 1.165) is 47.2 Å². The highest BCUT2D eigenvalue weighted by atomic mass is 79.9. The second kappa shape index (κ2) is 14.4. The van der Waals surface area contributed by atoms with E-state index >= 15 is 0 Å². The number of fused-ring (bicyclic) bond motifs is 2. The number of rotatable bonds is 11. The Bertz CT molecular complexity index is 1530. The number of halogens is 1. The van der Waals surface area contributed by atoms with Gasteiger partial charge in [-0.15, -0.1) is 0 Å². The van der Waals surface area contributed by atoms with Crippen molar-refractivity contribution in [2.24, 2.45) is 5.92 Å². The Labute approximate surface area is 290 Å². The van der Waals surface area contributed by atoms with Crippen LogP contribution in [0.1, 0.15) is 65.4 Å². The van der Waals surface area contributed by atoms with Crippen LogP contribution in [0.4, 0.5) is 5.69 Å². The van der Waals surface area contributed by atoms with Crippen LogP contribution in [0.5, 0.6) is 5.75 Å². The molecule has 254 valence electrons. The zero-order valence-corrected chi connectivity index (χ0v) is 31.6. The van der Waals surface area contributed by atoms with E-state index in [2.05, 4.69) is 81.0 Å². The second-order valence-electron chi connectivity index (χ2n) is 14.4. The summed E-state index contributed by atoms with van der Waals surface area (Å²) >= 11 is 3.69. The molecule has 0 saturated carbocycles. The number of benzene rings is 2. The molecule has 3 heterocycles. The highest BCUT2D eigenvalue weighted by Gasteiger charge is 2.66. The fraction of sp³-hybridized carbons (Fsp3) is 0.526. The van der Waals surface area contributed by atoms with Gasteiger partial charge in [-0.3, -0.25) is 9.59 Å². The van der Waals surface area contributed by atoms with Gasteiger partial charge in [-0.25, -0.2) is 0 Å². The zero-order chi connectivity index (χ0) is 34.1. The number of carbonyl (C=O) groups is 2. The van der Waals surface area contributed by atoms with Gasteiger partial charge in [0.1, 0.15) is 5.75 Å². The summed E-state index contributed by atoms with van der Waals surface area (Å²) in [7, 11) is -0.714. The minimum Gasteiger partial charge on any atom is -0.497 e. The van der Waals surface area contributed by atoms with Crippen LogP contribution in [-0.2, 0) is 19.9 Å². The van der Waals surface area contributed by atoms with Crippen LogP contribution in [0, 0.1) is 5.92 Å². The number of hydrogen-bond donors (Lipinski definition) is 1. The predicted molar refractivity (Wildman–Crippen MR) is 195 cm³/mol. The Morgan fingerprint density at radius 3 is 2.53 bits per heavy atom. The summed E-state index contributed by atoms with van der Waals surface area (Å²) < 4.78 is 13.5. The minimum atomic E-state index is -2.38. The third-order valence-electron chi connectivity index (χ3n) is 10.8. The molecule has 2 aromatic carbocycles. The van der Waals surface area contributed by atoms with Gasteiger partial charge in [0.05, 0.1) is 46.0 Å². The van der Waals surface area contributed by atoms with Crippen molar-refractivity contribution in [1.29, 1.82) is 0 Å². The number of carbonyl (C=O) groups excluding carboxylic acids is 2. The third-order valence-corrected chi connectivity index (χ3v) is 15.6. The van der Waals surface area contributed by atoms with Crippen molar-refractivity contribution in [3.8, 4) is 5.75 Å². The molecular weight excluding hydrogens is 672 g/mol. The summed E-state index contributed by atoms with van der Waals surface area (Å²) in [4.78, 5) is 32.6. The van der Waals surface area contributed by atoms with E-state index in [-0.39, 0.29) is 42.3 Å². The molecule has 3 aliphatic heterocycles. The van der Waals surface area contributed by atoms with Crippen molar-refractivity contribution in [3.05, 3.63) is 75.8 Å². The quantitative estimate of drug-likeness (QED) is 0.198. The van der Waals surface area contributed by atoms with Gasteiger partial charge in [-0.2, -0.15) is 0 Å². The van der Waals surface area contributed by atoms with E-state index in [0.29, 0.717) is 13.1 Å². The number of aliphatic hydroxyl groups is 1. The van der Waals surface area contributed by atoms with Gasteiger partial charge in [0.25, 0.3) is 5.91 Å². The Balaban J connectivity index is 1.55. The number of ether oxygens (including phenoxy) is 2. The maximum absolute atomic E-state index is 14.9. The van der Waals surface area contributed by atoms with Crippen molar-refractivity contribution < 1.29 is 24.2 Å². The average Bonchev–Trinajstić information content (AvgIpc) is 3.70. The number of methoxy groups -OCH3 is 1. The largest absolute Gasteiger partial charge is 0.497 e. The molecule has 9 heteroatoms. The van der Waals surface area contributed by atoms with Crippen LogP contribution >= 0.6 is 15.9 Å². The van der Waals surface area contributed by atoms with Gasteiger partial charge >= 0.3 is 0 Å². The molecule has 0 unspecified atom stereocenters. The number of anilines is 1. The first-order valence-electron chi connectivity index (χ1n) is 17.0. The predicted octanol–water partition coefficient (Wildman–Crippen LogP) is 7.09. The van der Waals surface area contributed by atoms with Gasteiger partial charge < -0.3 is 24.4 Å². The highest BCUT2D eigenvalue weighted by molar-refractivity contribution is 9.10. The second-order valence-corrected chi connectivity index (χ2v) is 20.0. The highest BCUT2D eigenvalue weighted by Crippen LogP contribution is 2.60. The molecule has 0 aromatic heterocycles. The Morgan fingerprint density at radius 2 is 1.87 bits per heavy atom. The van der Waals surface area contributed by atoms with Gasteiger partial charge in [-0.1, -0.05) is 76.6 Å². The number of allylic oxidation sites excluding steroid dienone is 3. The van der Waals surface area contributed by atoms with Gasteiger partial charge in [0, 0.05) is 29.0 Å². The molecule has 2 fully saturated rings. The lowest BCUT2D eigenvalue weighted by molar-refractivity contribution is -0.149. The van der Waals surface area contributed by atoms with Crippen molar-refractivity contribution in [2.75, 3.05) is 31.7 Å². The Kier molecular flexibility index (Phi) is 10.9. The number of likely N-dealkylation sites (tertiary alicyclic amines) is 1. The van der Waals surface area contributed by atoms with E-state index in [1.807, 2.05) is 40.1 Å². The molecule has 3 aliphatic rings. The summed E-state index contributed by atoms with van der Waals surface area (Å²) in [5.74, 6) is 0.545. The lowest BCUT2D eigenvalue weighted by atomic mass is 9.82. The van der Waals surface area contributed by atoms with Crippen LogP contribution in [-0.4, -0.2) is 68.8 Å². The summed E-state index contributed by atoms with van der Waals surface area (Å²) in [6.45, 7) is 14.2. The molecule has 0 radical (unpaired) electrons. The zero-order valence-electron chi connectivity index (χ0n) is 29.0. The van der Waals surface area contributed by atoms with Gasteiger partial charge in [0.15, 0.2) is 5.60 Å². The lowest BCUT2D eigenvalue weighted by Gasteiger charge is -2.37. The first kappa shape index (κ1) is 35.6. The summed E-state index contributed by atoms with van der Waals surface area (Å²) in [6.07, 6.45) is 7.74. The van der Waals surface area contributed by atoms with E-state index in [1.54, 1.807) is 7.11 Å². The first-order valence-corrected chi connectivity index (χ1v) is 20.9. The standard InChI is InChI=1S/C38H51BrN2O5Si/c1-25(2)10-8-11-26(3)19-21-41-33-18-13-28(39)22-32(33)38(37(41)44)27(4)36(47(6,7)31-16-14-30(45-5)15-17-31)34(46-38)23-35(43)40-20-9-12-29(40)24-42/h10,13-19,22,27,29,34,36,42H,8-9,11-12,20-21,23-24H2,1-7H3/b26-19+/t27-,29+,34+,36-,38+/m1/s1. The van der Waals surface area contributed by atoms with Crippen LogP contribution in [0.25, 0.3) is 0 Å². The van der Waals surface area contributed by atoms with Crippen molar-refractivity contribution in [1.82, 2.24) is 4.90 Å². The molecule has 2 amide bonds. The first-order chi connectivity index (χ1) is 22.3. The molecule has 2 saturated heterocycles. The smallest absolute Gasteiger partial charge is 0.264 e. The van der Waals surface area contributed by atoms with Crippen molar-refractivity contribution >= 4 is 46.7 Å². The monoisotopic (exact) mass is 722 g/mol. The number of aliphatic hydroxyl groups excluding tert-OH is 1. The molecule has 1 spiro atoms. The van der Waals surface area contributed by atoms with Gasteiger partial charge in [-0.05, 0) is 82.3 Å². The van der Waals surface area contributed by atoms with Crippen molar-refractivity contribution in [2.45, 2.75) is 96.2 Å². The average molecular weight is 724 g/mol. The van der Waals surface area contributed by atoms with Crippen LogP contribution in [0.15, 0.2) is 70.2 Å². The van der Waals surface area contributed by atoms with E-state index in [1.165, 1.54) is 16.3 Å². The van der Waals surface area contributed by atoms with Crippen molar-refractivity contribution in [3.63, 3.8) is 0 Å². The molecule has 1 N–H and O–H groups in total. The molecule has 0 bridgehead atoms. The molecule has 5 rings (SSSR count). The summed E-state index contributed by atoms with van der Waals surface area (Å²) in [5.41, 5.74) is 3.04. The normalized spacial score (nSPS) is 25.9. The third kappa shape index (κ3) is 6.78. The van der Waals surface area contributed by atoms with E-state index in [4.69, 9.17) is 9.47 Å². The lowest BCUT2D eigenvalue weighted by Crippen LogP contribution is -2.52. The van der Waals surface area contributed by atoms with Gasteiger partial charge in [0.2, 0.25) is 5.91 Å².